The van der Waals surface area contributed by atoms with Crippen molar-refractivity contribution in [1.29, 1.82) is 0 Å². The molecular formula is C28H24N2O4S. The average molecular weight is 485 g/mol. The molecule has 0 bridgehead atoms. The van der Waals surface area contributed by atoms with Gasteiger partial charge in [0.05, 0.1) is 10.6 Å². The molecule has 0 atom stereocenters. The number of amides is 2. The van der Waals surface area contributed by atoms with E-state index in [1.54, 1.807) is 91.9 Å². The van der Waals surface area contributed by atoms with Gasteiger partial charge in [-0.25, -0.2) is 8.42 Å². The molecule has 4 aromatic carbocycles. The van der Waals surface area contributed by atoms with Gasteiger partial charge in [-0.1, -0.05) is 54.6 Å². The number of carbonyl (C=O) groups excluding carboxylic acids is 2. The number of sulfone groups is 1. The summed E-state index contributed by atoms with van der Waals surface area (Å²) < 4.78 is 25.2. The lowest BCUT2D eigenvalue weighted by molar-refractivity contribution is 0.101. The van der Waals surface area contributed by atoms with Crippen LogP contribution in [0.1, 0.15) is 31.8 Å². The Morgan fingerprint density at radius 2 is 1.31 bits per heavy atom. The van der Waals surface area contributed by atoms with E-state index in [0.29, 0.717) is 33.6 Å². The lowest BCUT2D eigenvalue weighted by atomic mass is 10.1. The summed E-state index contributed by atoms with van der Waals surface area (Å²) >= 11 is 0. The highest BCUT2D eigenvalue weighted by Crippen LogP contribution is 2.22. The molecule has 0 aliphatic carbocycles. The zero-order valence-corrected chi connectivity index (χ0v) is 19.9. The van der Waals surface area contributed by atoms with Gasteiger partial charge in [-0.15, -0.1) is 0 Å². The summed E-state index contributed by atoms with van der Waals surface area (Å²) in [5.74, 6) is -0.781. The standard InChI is InChI=1S/C28H24N2O4S/c1-20-25(28(32)29-23-9-4-2-5-10-23)13-8-14-26(20)30-27(31)22-17-15-21(16-18-22)19-35(33,34)24-11-6-3-7-12-24/h2-18H,19H2,1H3,(H,29,32)(H,30,31). The summed E-state index contributed by atoms with van der Waals surface area (Å²) in [6, 6.07) is 29.0. The minimum absolute atomic E-state index is 0.156. The number of nitrogens with one attached hydrogen (secondary N) is 2. The predicted octanol–water partition coefficient (Wildman–Crippen LogP) is 5.47. The van der Waals surface area contributed by atoms with Crippen molar-refractivity contribution in [2.75, 3.05) is 10.6 Å². The van der Waals surface area contributed by atoms with Crippen molar-refractivity contribution >= 4 is 33.0 Å². The van der Waals surface area contributed by atoms with Gasteiger partial charge in [-0.2, -0.15) is 0 Å². The van der Waals surface area contributed by atoms with E-state index in [1.165, 1.54) is 0 Å². The Morgan fingerprint density at radius 3 is 1.97 bits per heavy atom. The molecule has 0 fully saturated rings. The van der Waals surface area contributed by atoms with Gasteiger partial charge in [-0.05, 0) is 66.6 Å². The fraction of sp³-hybridized carbons (Fsp3) is 0.0714. The molecule has 2 N–H and O–H groups in total. The third-order valence-corrected chi connectivity index (χ3v) is 7.24. The van der Waals surface area contributed by atoms with Crippen LogP contribution in [-0.2, 0) is 15.6 Å². The van der Waals surface area contributed by atoms with Gasteiger partial charge in [0.1, 0.15) is 0 Å². The molecule has 176 valence electrons. The molecule has 7 heteroatoms. The average Bonchev–Trinajstić information content (AvgIpc) is 2.86. The number of anilines is 2. The van der Waals surface area contributed by atoms with Gasteiger partial charge >= 0.3 is 0 Å². The second-order valence-corrected chi connectivity index (χ2v) is 10.0. The van der Waals surface area contributed by atoms with Crippen LogP contribution in [-0.4, -0.2) is 20.2 Å². The monoisotopic (exact) mass is 484 g/mol. The summed E-state index contributed by atoms with van der Waals surface area (Å²) in [5, 5.41) is 5.69. The number of rotatable bonds is 7. The normalized spacial score (nSPS) is 11.0. The van der Waals surface area contributed by atoms with Crippen LogP contribution in [0, 0.1) is 6.92 Å². The van der Waals surface area contributed by atoms with Crippen LogP contribution < -0.4 is 10.6 Å². The van der Waals surface area contributed by atoms with Crippen molar-refractivity contribution in [2.24, 2.45) is 0 Å². The highest BCUT2D eigenvalue weighted by Gasteiger charge is 2.17. The zero-order valence-electron chi connectivity index (χ0n) is 19.1. The van der Waals surface area contributed by atoms with Gasteiger partial charge < -0.3 is 10.6 Å². The Morgan fingerprint density at radius 1 is 0.686 bits per heavy atom. The van der Waals surface area contributed by atoms with Crippen molar-refractivity contribution in [3.63, 3.8) is 0 Å². The fourth-order valence-electron chi connectivity index (χ4n) is 3.61. The molecule has 4 rings (SSSR count). The second kappa shape index (κ2) is 10.4. The molecule has 0 aromatic heterocycles. The van der Waals surface area contributed by atoms with Gasteiger partial charge in [0, 0.05) is 22.5 Å². The molecule has 6 nitrogen and oxygen atoms in total. The van der Waals surface area contributed by atoms with Crippen molar-refractivity contribution in [1.82, 2.24) is 0 Å². The molecule has 0 saturated heterocycles. The minimum atomic E-state index is -3.47. The molecule has 0 unspecified atom stereocenters. The van der Waals surface area contributed by atoms with E-state index in [9.17, 15) is 18.0 Å². The van der Waals surface area contributed by atoms with Crippen LogP contribution >= 0.6 is 0 Å². The van der Waals surface area contributed by atoms with Gasteiger partial charge in [0.25, 0.3) is 11.8 Å². The number of carbonyl (C=O) groups is 2. The molecule has 0 radical (unpaired) electrons. The van der Waals surface area contributed by atoms with E-state index in [2.05, 4.69) is 10.6 Å². The molecule has 0 spiro atoms. The van der Waals surface area contributed by atoms with E-state index < -0.39 is 9.84 Å². The minimum Gasteiger partial charge on any atom is -0.322 e. The van der Waals surface area contributed by atoms with Crippen LogP contribution in [0.5, 0.6) is 0 Å². The molecule has 2 amide bonds. The summed E-state index contributed by atoms with van der Waals surface area (Å²) in [7, 11) is -3.47. The number of hydrogen-bond acceptors (Lipinski definition) is 4. The first-order valence-corrected chi connectivity index (χ1v) is 12.6. The van der Waals surface area contributed by atoms with Crippen molar-refractivity contribution in [3.05, 3.63) is 125 Å². The van der Waals surface area contributed by atoms with Crippen LogP contribution in [0.25, 0.3) is 0 Å². The van der Waals surface area contributed by atoms with Crippen LogP contribution in [0.15, 0.2) is 108 Å². The van der Waals surface area contributed by atoms with Crippen molar-refractivity contribution in [2.45, 2.75) is 17.6 Å². The summed E-state index contributed by atoms with van der Waals surface area (Å²) in [5.41, 5.74) is 3.26. The Balaban J connectivity index is 1.45. The third-order valence-electron chi connectivity index (χ3n) is 5.53. The maximum absolute atomic E-state index is 12.8. The molecule has 0 saturated carbocycles. The first kappa shape index (κ1) is 23.9. The van der Waals surface area contributed by atoms with Gasteiger partial charge in [0.2, 0.25) is 0 Å². The topological polar surface area (TPSA) is 92.3 Å². The largest absolute Gasteiger partial charge is 0.322 e. The van der Waals surface area contributed by atoms with Gasteiger partial charge in [-0.3, -0.25) is 9.59 Å². The Bertz CT molecular complexity index is 1450. The highest BCUT2D eigenvalue weighted by molar-refractivity contribution is 7.90. The van der Waals surface area contributed by atoms with Crippen LogP contribution in [0.4, 0.5) is 11.4 Å². The van der Waals surface area contributed by atoms with E-state index in [4.69, 9.17) is 0 Å². The maximum atomic E-state index is 12.8. The quantitative estimate of drug-likeness (QED) is 0.364. The van der Waals surface area contributed by atoms with Crippen LogP contribution in [0.3, 0.4) is 0 Å². The second-order valence-electron chi connectivity index (χ2n) is 8.02. The number of para-hydroxylation sites is 1. The molecule has 4 aromatic rings. The smallest absolute Gasteiger partial charge is 0.256 e. The lowest BCUT2D eigenvalue weighted by Crippen LogP contribution is -2.17. The Kier molecular flexibility index (Phi) is 7.08. The summed E-state index contributed by atoms with van der Waals surface area (Å²) in [6.45, 7) is 1.77. The molecular weight excluding hydrogens is 460 g/mol. The predicted molar refractivity (Wildman–Crippen MR) is 137 cm³/mol. The molecule has 0 aliphatic rings. The van der Waals surface area contributed by atoms with E-state index >= 15 is 0 Å². The highest BCUT2D eigenvalue weighted by atomic mass is 32.2. The fourth-order valence-corrected chi connectivity index (χ4v) is 4.98. The molecule has 35 heavy (non-hydrogen) atoms. The Labute approximate surface area is 204 Å². The molecule has 0 heterocycles. The third kappa shape index (κ3) is 5.83. The molecule has 0 aliphatic heterocycles. The maximum Gasteiger partial charge on any atom is 0.256 e. The van der Waals surface area contributed by atoms with E-state index in [-0.39, 0.29) is 22.5 Å². The summed E-state index contributed by atoms with van der Waals surface area (Å²) in [6.07, 6.45) is 0. The first-order valence-electron chi connectivity index (χ1n) is 11.0. The van der Waals surface area contributed by atoms with Crippen molar-refractivity contribution in [3.8, 4) is 0 Å². The number of hydrogen-bond donors (Lipinski definition) is 2. The SMILES string of the molecule is Cc1c(NC(=O)c2ccc(CS(=O)(=O)c3ccccc3)cc2)cccc1C(=O)Nc1ccccc1. The van der Waals surface area contributed by atoms with Gasteiger partial charge in [0.15, 0.2) is 9.84 Å². The van der Waals surface area contributed by atoms with E-state index in [1.807, 2.05) is 18.2 Å². The van der Waals surface area contributed by atoms with E-state index in [0.717, 1.165) is 0 Å². The Hall–Kier alpha value is -4.23. The van der Waals surface area contributed by atoms with Crippen molar-refractivity contribution < 1.29 is 18.0 Å². The zero-order chi connectivity index (χ0) is 24.8. The number of benzene rings is 4. The summed E-state index contributed by atoms with van der Waals surface area (Å²) in [4.78, 5) is 25.8. The lowest BCUT2D eigenvalue weighted by Gasteiger charge is -2.13. The van der Waals surface area contributed by atoms with Crippen LogP contribution in [0.2, 0.25) is 0 Å². The first-order chi connectivity index (χ1) is 16.8.